The van der Waals surface area contributed by atoms with Crippen molar-refractivity contribution in [2.45, 2.75) is 42.8 Å². The molecule has 2 aliphatic carbocycles. The average molecular weight is 381 g/mol. The van der Waals surface area contributed by atoms with Gasteiger partial charge in [-0.05, 0) is 48.2 Å². The number of benzene rings is 1. The highest BCUT2D eigenvalue weighted by atomic mass is 32.2. The lowest BCUT2D eigenvalue weighted by Gasteiger charge is -2.08. The van der Waals surface area contributed by atoms with Crippen LogP contribution in [-0.2, 0) is 4.79 Å². The molecule has 1 N–H and O–H groups in total. The summed E-state index contributed by atoms with van der Waals surface area (Å²) in [5, 5.41) is 20.2. The predicted octanol–water partition coefficient (Wildman–Crippen LogP) is 2.80. The Labute approximate surface area is 160 Å². The zero-order valence-electron chi connectivity index (χ0n) is 14.7. The van der Waals surface area contributed by atoms with Crippen molar-refractivity contribution in [2.24, 2.45) is 0 Å². The van der Waals surface area contributed by atoms with Crippen LogP contribution in [0.5, 0.6) is 0 Å². The number of carbonyl (C=O) groups excluding carboxylic acids is 1. The van der Waals surface area contributed by atoms with E-state index >= 15 is 0 Å². The van der Waals surface area contributed by atoms with Crippen molar-refractivity contribution in [2.75, 3.05) is 11.1 Å². The minimum atomic E-state index is -0.0928. The molecule has 27 heavy (non-hydrogen) atoms. The van der Waals surface area contributed by atoms with Gasteiger partial charge in [0.2, 0.25) is 11.1 Å². The van der Waals surface area contributed by atoms with Gasteiger partial charge in [0.15, 0.2) is 0 Å². The minimum Gasteiger partial charge on any atom is -0.310 e. The number of aromatic nitrogens is 6. The lowest BCUT2D eigenvalue weighted by atomic mass is 10.3. The van der Waals surface area contributed by atoms with Gasteiger partial charge in [-0.25, -0.2) is 9.36 Å². The maximum atomic E-state index is 12.5. The van der Waals surface area contributed by atoms with E-state index in [0.717, 1.165) is 24.2 Å². The van der Waals surface area contributed by atoms with Gasteiger partial charge in [0, 0.05) is 12.0 Å². The lowest BCUT2D eigenvalue weighted by Crippen LogP contribution is -2.17. The molecule has 0 aliphatic heterocycles. The van der Waals surface area contributed by atoms with E-state index in [1.54, 1.807) is 0 Å². The van der Waals surface area contributed by atoms with Gasteiger partial charge < -0.3 is 5.32 Å². The van der Waals surface area contributed by atoms with Gasteiger partial charge in [0.05, 0.1) is 23.2 Å². The highest BCUT2D eigenvalue weighted by molar-refractivity contribution is 7.99. The number of hydrogen-bond acceptors (Lipinski definition) is 6. The summed E-state index contributed by atoms with van der Waals surface area (Å²) in [5.74, 6) is 1.38. The maximum Gasteiger partial charge on any atom is 0.236 e. The van der Waals surface area contributed by atoms with Crippen molar-refractivity contribution >= 4 is 23.5 Å². The number of para-hydroxylation sites is 1. The number of nitrogens with one attached hydrogen (secondary N) is 1. The fourth-order valence-electron chi connectivity index (χ4n) is 2.97. The Morgan fingerprint density at radius 2 is 2.00 bits per heavy atom. The van der Waals surface area contributed by atoms with Gasteiger partial charge >= 0.3 is 0 Å². The van der Waals surface area contributed by atoms with Crippen LogP contribution in [0.1, 0.15) is 43.3 Å². The Morgan fingerprint density at radius 1 is 1.19 bits per heavy atom. The first kappa shape index (κ1) is 16.5. The lowest BCUT2D eigenvalue weighted by molar-refractivity contribution is -0.113. The van der Waals surface area contributed by atoms with E-state index in [9.17, 15) is 4.79 Å². The monoisotopic (exact) mass is 381 g/mol. The average Bonchev–Trinajstić information content (AvgIpc) is 3.62. The van der Waals surface area contributed by atoms with Gasteiger partial charge in [-0.1, -0.05) is 30.0 Å². The summed E-state index contributed by atoms with van der Waals surface area (Å²) in [4.78, 5) is 12.5. The first-order chi connectivity index (χ1) is 13.3. The van der Waals surface area contributed by atoms with Crippen LogP contribution in [0.15, 0.2) is 41.6 Å². The summed E-state index contributed by atoms with van der Waals surface area (Å²) in [5.41, 5.74) is 1.98. The predicted molar refractivity (Wildman–Crippen MR) is 101 cm³/mol. The molecule has 5 rings (SSSR count). The fourth-order valence-corrected chi connectivity index (χ4v) is 3.72. The van der Waals surface area contributed by atoms with Crippen molar-refractivity contribution in [3.8, 4) is 5.69 Å². The fraction of sp³-hybridized carbons (Fsp3) is 0.389. The Morgan fingerprint density at radius 3 is 2.74 bits per heavy atom. The zero-order valence-corrected chi connectivity index (χ0v) is 15.5. The van der Waals surface area contributed by atoms with Crippen LogP contribution in [0, 0.1) is 0 Å². The molecule has 1 amide bonds. The second-order valence-electron chi connectivity index (χ2n) is 6.95. The number of carbonyl (C=O) groups is 1. The standard InChI is InChI=1S/C18H19N7OS/c26-17(11-27-18-20-22-23-25(18)14-8-9-14)19-16-10-15(12-6-7-12)21-24(16)13-4-2-1-3-5-13/h1-5,10,12,14H,6-9,11H2,(H,19,26). The molecule has 0 saturated heterocycles. The first-order valence-corrected chi connectivity index (χ1v) is 10.1. The van der Waals surface area contributed by atoms with Crippen molar-refractivity contribution in [3.63, 3.8) is 0 Å². The molecule has 8 nitrogen and oxygen atoms in total. The van der Waals surface area contributed by atoms with E-state index in [4.69, 9.17) is 5.10 Å². The Bertz CT molecular complexity index is 959. The molecule has 3 aromatic rings. The van der Waals surface area contributed by atoms with Crippen molar-refractivity contribution < 1.29 is 4.79 Å². The van der Waals surface area contributed by atoms with Crippen LogP contribution >= 0.6 is 11.8 Å². The zero-order chi connectivity index (χ0) is 18.2. The SMILES string of the molecule is O=C(CSc1nnnn1C1CC1)Nc1cc(C2CC2)nn1-c1ccccc1. The number of hydrogen-bond donors (Lipinski definition) is 1. The van der Waals surface area contributed by atoms with Crippen LogP contribution in [0.4, 0.5) is 5.82 Å². The van der Waals surface area contributed by atoms with Gasteiger partial charge in [-0.2, -0.15) is 5.10 Å². The molecular weight excluding hydrogens is 362 g/mol. The first-order valence-electron chi connectivity index (χ1n) is 9.14. The van der Waals surface area contributed by atoms with Gasteiger partial charge in [0.25, 0.3) is 0 Å². The summed E-state index contributed by atoms with van der Waals surface area (Å²) in [6.45, 7) is 0. The number of rotatable bonds is 7. The van der Waals surface area contributed by atoms with E-state index in [-0.39, 0.29) is 11.7 Å². The smallest absolute Gasteiger partial charge is 0.236 e. The minimum absolute atomic E-state index is 0.0928. The third-order valence-corrected chi connectivity index (χ3v) is 5.61. The molecule has 2 aliphatic rings. The third-order valence-electron chi connectivity index (χ3n) is 4.68. The summed E-state index contributed by atoms with van der Waals surface area (Å²) in [6, 6.07) is 12.2. The number of thioether (sulfide) groups is 1. The Balaban J connectivity index is 1.30. The molecule has 0 atom stereocenters. The van der Waals surface area contributed by atoms with Crippen LogP contribution < -0.4 is 5.32 Å². The largest absolute Gasteiger partial charge is 0.310 e. The highest BCUT2D eigenvalue weighted by Crippen LogP contribution is 2.40. The molecule has 138 valence electrons. The van der Waals surface area contributed by atoms with Gasteiger partial charge in [0.1, 0.15) is 5.82 Å². The van der Waals surface area contributed by atoms with Crippen LogP contribution in [-0.4, -0.2) is 41.6 Å². The van der Waals surface area contributed by atoms with Crippen LogP contribution in [0.2, 0.25) is 0 Å². The highest BCUT2D eigenvalue weighted by Gasteiger charge is 2.29. The number of nitrogens with zero attached hydrogens (tertiary/aromatic N) is 6. The van der Waals surface area contributed by atoms with E-state index in [2.05, 4.69) is 20.8 Å². The molecule has 0 radical (unpaired) electrons. The summed E-state index contributed by atoms with van der Waals surface area (Å²) in [6.07, 6.45) is 4.54. The molecule has 9 heteroatoms. The second-order valence-corrected chi connectivity index (χ2v) is 7.89. The van der Waals surface area contributed by atoms with E-state index in [0.29, 0.717) is 22.9 Å². The quantitative estimate of drug-likeness (QED) is 0.633. The second kappa shape index (κ2) is 6.80. The van der Waals surface area contributed by atoms with Gasteiger partial charge in [-0.3, -0.25) is 4.79 Å². The summed E-state index contributed by atoms with van der Waals surface area (Å²) >= 11 is 1.36. The van der Waals surface area contributed by atoms with Gasteiger partial charge in [-0.15, -0.1) is 5.10 Å². The van der Waals surface area contributed by atoms with E-state index in [1.165, 1.54) is 24.6 Å². The molecule has 0 bridgehead atoms. The normalized spacial score (nSPS) is 16.4. The van der Waals surface area contributed by atoms with Crippen molar-refractivity contribution in [1.29, 1.82) is 0 Å². The number of tetrazole rings is 1. The van der Waals surface area contributed by atoms with Crippen LogP contribution in [0.3, 0.4) is 0 Å². The molecular formula is C18H19N7OS. The van der Waals surface area contributed by atoms with Crippen molar-refractivity contribution in [3.05, 3.63) is 42.1 Å². The molecule has 0 spiro atoms. The number of anilines is 1. The summed E-state index contributed by atoms with van der Waals surface area (Å²) in [7, 11) is 0. The molecule has 2 saturated carbocycles. The molecule has 1 aromatic carbocycles. The molecule has 0 unspecified atom stereocenters. The molecule has 2 aromatic heterocycles. The topological polar surface area (TPSA) is 90.5 Å². The Kier molecular flexibility index (Phi) is 4.16. The molecule has 2 heterocycles. The third kappa shape index (κ3) is 3.59. The summed E-state index contributed by atoms with van der Waals surface area (Å²) < 4.78 is 3.63. The number of amides is 1. The maximum absolute atomic E-state index is 12.5. The van der Waals surface area contributed by atoms with Crippen molar-refractivity contribution in [1.82, 2.24) is 30.0 Å². The van der Waals surface area contributed by atoms with E-state index in [1.807, 2.05) is 45.8 Å². The Hall–Kier alpha value is -2.68. The molecule has 2 fully saturated rings. The van der Waals surface area contributed by atoms with Crippen LogP contribution in [0.25, 0.3) is 5.69 Å². The van der Waals surface area contributed by atoms with E-state index < -0.39 is 0 Å².